The van der Waals surface area contributed by atoms with E-state index < -0.39 is 5.41 Å². The third-order valence-electron chi connectivity index (χ3n) is 7.42. The SMILES string of the molecule is Fc1ccccc1-c1ccc(C(c2ccccc2)(c2ccccc2)c2ccc(-c3ccccc3F)cc2)cc1. The number of halogens is 2. The summed E-state index contributed by atoms with van der Waals surface area (Å²) in [6.07, 6.45) is 0. The monoisotopic (exact) mass is 508 g/mol. The molecule has 0 saturated heterocycles. The molecule has 0 spiro atoms. The van der Waals surface area contributed by atoms with Crippen LogP contribution in [0, 0.1) is 11.6 Å². The first kappa shape index (κ1) is 24.5. The Hall–Kier alpha value is -4.82. The van der Waals surface area contributed by atoms with Crippen LogP contribution in [0.5, 0.6) is 0 Å². The molecule has 0 N–H and O–H groups in total. The van der Waals surface area contributed by atoms with Crippen LogP contribution in [0.15, 0.2) is 158 Å². The molecule has 0 fully saturated rings. The van der Waals surface area contributed by atoms with Crippen molar-refractivity contribution in [1.82, 2.24) is 0 Å². The van der Waals surface area contributed by atoms with E-state index in [0.717, 1.165) is 33.4 Å². The molecular formula is C37H26F2. The molecule has 0 amide bonds. The molecule has 0 saturated carbocycles. The fraction of sp³-hybridized carbons (Fsp3) is 0.0270. The van der Waals surface area contributed by atoms with E-state index in [-0.39, 0.29) is 11.6 Å². The third kappa shape index (κ3) is 4.45. The van der Waals surface area contributed by atoms with Crippen molar-refractivity contribution in [3.05, 3.63) is 192 Å². The number of benzene rings is 6. The molecule has 0 heterocycles. The summed E-state index contributed by atoms with van der Waals surface area (Å²) in [6.45, 7) is 0. The highest BCUT2D eigenvalue weighted by Gasteiger charge is 2.38. The molecule has 0 aliphatic carbocycles. The summed E-state index contributed by atoms with van der Waals surface area (Å²) in [5.74, 6) is -0.488. The molecule has 0 aromatic heterocycles. The molecule has 6 aromatic carbocycles. The minimum atomic E-state index is -0.649. The van der Waals surface area contributed by atoms with E-state index in [1.165, 1.54) is 12.1 Å². The van der Waals surface area contributed by atoms with Crippen LogP contribution in [0.1, 0.15) is 22.3 Å². The van der Waals surface area contributed by atoms with Gasteiger partial charge in [0.15, 0.2) is 0 Å². The molecule has 0 nitrogen and oxygen atoms in total. The second-order valence-electron chi connectivity index (χ2n) is 9.60. The van der Waals surface area contributed by atoms with Crippen LogP contribution in [0.3, 0.4) is 0 Å². The largest absolute Gasteiger partial charge is 0.206 e. The summed E-state index contributed by atoms with van der Waals surface area (Å²) in [7, 11) is 0. The van der Waals surface area contributed by atoms with Crippen LogP contribution in [0.4, 0.5) is 8.78 Å². The van der Waals surface area contributed by atoms with Gasteiger partial charge >= 0.3 is 0 Å². The lowest BCUT2D eigenvalue weighted by atomic mass is 9.65. The Labute approximate surface area is 227 Å². The van der Waals surface area contributed by atoms with Gasteiger partial charge in [-0.15, -0.1) is 0 Å². The van der Waals surface area contributed by atoms with Gasteiger partial charge in [-0.25, -0.2) is 8.78 Å². The van der Waals surface area contributed by atoms with Crippen LogP contribution in [0.2, 0.25) is 0 Å². The van der Waals surface area contributed by atoms with Crippen molar-refractivity contribution in [1.29, 1.82) is 0 Å². The summed E-state index contributed by atoms with van der Waals surface area (Å²) in [6, 6.07) is 50.8. The highest BCUT2D eigenvalue weighted by molar-refractivity contribution is 5.69. The van der Waals surface area contributed by atoms with Crippen LogP contribution < -0.4 is 0 Å². The Morgan fingerprint density at radius 1 is 0.308 bits per heavy atom. The van der Waals surface area contributed by atoms with E-state index in [2.05, 4.69) is 72.8 Å². The van der Waals surface area contributed by atoms with Crippen molar-refractivity contribution in [2.24, 2.45) is 0 Å². The quantitative estimate of drug-likeness (QED) is 0.196. The number of hydrogen-bond acceptors (Lipinski definition) is 0. The lowest BCUT2D eigenvalue weighted by Gasteiger charge is -2.37. The van der Waals surface area contributed by atoms with Gasteiger partial charge in [0, 0.05) is 11.1 Å². The zero-order valence-corrected chi connectivity index (χ0v) is 21.3. The lowest BCUT2D eigenvalue weighted by molar-refractivity contribution is 0.631. The van der Waals surface area contributed by atoms with E-state index in [0.29, 0.717) is 11.1 Å². The Balaban J connectivity index is 1.58. The number of rotatable bonds is 6. The molecule has 2 heteroatoms. The molecule has 0 bridgehead atoms. The Kier molecular flexibility index (Phi) is 6.61. The highest BCUT2D eigenvalue weighted by Crippen LogP contribution is 2.46. The molecule has 0 unspecified atom stereocenters. The van der Waals surface area contributed by atoms with E-state index in [1.54, 1.807) is 24.3 Å². The summed E-state index contributed by atoms with van der Waals surface area (Å²) >= 11 is 0. The van der Waals surface area contributed by atoms with Gasteiger partial charge in [0.1, 0.15) is 11.6 Å². The first-order valence-electron chi connectivity index (χ1n) is 13.0. The predicted molar refractivity (Wildman–Crippen MR) is 156 cm³/mol. The average Bonchev–Trinajstić information content (AvgIpc) is 3.00. The van der Waals surface area contributed by atoms with Gasteiger partial charge < -0.3 is 0 Å². The Bertz CT molecular complexity index is 1560. The van der Waals surface area contributed by atoms with Gasteiger partial charge in [0.25, 0.3) is 0 Å². The van der Waals surface area contributed by atoms with E-state index in [1.807, 2.05) is 48.5 Å². The van der Waals surface area contributed by atoms with Crippen LogP contribution in [-0.2, 0) is 5.41 Å². The van der Waals surface area contributed by atoms with Crippen LogP contribution in [0.25, 0.3) is 22.3 Å². The zero-order chi connectivity index (χ0) is 26.7. The van der Waals surface area contributed by atoms with Crippen molar-refractivity contribution < 1.29 is 8.78 Å². The zero-order valence-electron chi connectivity index (χ0n) is 21.3. The van der Waals surface area contributed by atoms with Gasteiger partial charge in [-0.3, -0.25) is 0 Å². The van der Waals surface area contributed by atoms with Crippen molar-refractivity contribution in [3.63, 3.8) is 0 Å². The minimum Gasteiger partial charge on any atom is -0.206 e. The Morgan fingerprint density at radius 3 is 0.974 bits per heavy atom. The van der Waals surface area contributed by atoms with E-state index in [4.69, 9.17) is 0 Å². The average molecular weight is 509 g/mol. The van der Waals surface area contributed by atoms with Gasteiger partial charge in [-0.05, 0) is 45.5 Å². The Morgan fingerprint density at radius 2 is 0.615 bits per heavy atom. The molecule has 0 aliphatic rings. The van der Waals surface area contributed by atoms with E-state index >= 15 is 0 Å². The van der Waals surface area contributed by atoms with Gasteiger partial charge in [-0.1, -0.05) is 146 Å². The third-order valence-corrected chi connectivity index (χ3v) is 7.42. The molecule has 6 rings (SSSR count). The second kappa shape index (κ2) is 10.5. The molecule has 39 heavy (non-hydrogen) atoms. The molecule has 0 aliphatic heterocycles. The first-order chi connectivity index (χ1) is 19.2. The molecular weight excluding hydrogens is 482 g/mol. The maximum atomic E-state index is 14.6. The normalized spacial score (nSPS) is 11.3. The maximum absolute atomic E-state index is 14.6. The first-order valence-corrected chi connectivity index (χ1v) is 13.0. The fourth-order valence-electron chi connectivity index (χ4n) is 5.57. The van der Waals surface area contributed by atoms with Crippen molar-refractivity contribution >= 4 is 0 Å². The summed E-state index contributed by atoms with van der Waals surface area (Å²) in [5, 5.41) is 0. The summed E-state index contributed by atoms with van der Waals surface area (Å²) in [5.41, 5.74) is 6.46. The molecule has 0 atom stereocenters. The van der Waals surface area contributed by atoms with Crippen LogP contribution in [-0.4, -0.2) is 0 Å². The molecule has 6 aromatic rings. The van der Waals surface area contributed by atoms with Crippen molar-refractivity contribution in [2.45, 2.75) is 5.41 Å². The van der Waals surface area contributed by atoms with Crippen LogP contribution >= 0.6 is 0 Å². The van der Waals surface area contributed by atoms with Gasteiger partial charge in [0.05, 0.1) is 5.41 Å². The predicted octanol–water partition coefficient (Wildman–Crippen LogP) is 9.68. The smallest absolute Gasteiger partial charge is 0.131 e. The fourth-order valence-corrected chi connectivity index (χ4v) is 5.57. The van der Waals surface area contributed by atoms with Crippen molar-refractivity contribution in [2.75, 3.05) is 0 Å². The molecule has 188 valence electrons. The van der Waals surface area contributed by atoms with Gasteiger partial charge in [-0.2, -0.15) is 0 Å². The minimum absolute atomic E-state index is 0.244. The lowest BCUT2D eigenvalue weighted by Crippen LogP contribution is -2.31. The summed E-state index contributed by atoms with van der Waals surface area (Å²) in [4.78, 5) is 0. The second-order valence-corrected chi connectivity index (χ2v) is 9.60. The topological polar surface area (TPSA) is 0 Å². The summed E-state index contributed by atoms with van der Waals surface area (Å²) < 4.78 is 29.2. The number of hydrogen-bond donors (Lipinski definition) is 0. The van der Waals surface area contributed by atoms with Gasteiger partial charge in [0.2, 0.25) is 0 Å². The van der Waals surface area contributed by atoms with E-state index in [9.17, 15) is 8.78 Å². The maximum Gasteiger partial charge on any atom is 0.131 e. The molecule has 0 radical (unpaired) electrons. The standard InChI is InChI=1S/C37H26F2/c38-35-17-9-7-15-33(35)27-19-23-31(24-20-27)37(29-11-3-1-4-12-29,30-13-5-2-6-14-30)32-25-21-28(22-26-32)34-16-8-10-18-36(34)39/h1-26H. The highest BCUT2D eigenvalue weighted by atomic mass is 19.1. The van der Waals surface area contributed by atoms with Crippen molar-refractivity contribution in [3.8, 4) is 22.3 Å².